The number of nitrogens with zero attached hydrogens (tertiary/aromatic N) is 4. The average molecular weight is 561 g/mol. The number of hydrogen-bond donors (Lipinski definition) is 0. The first-order valence-corrected chi connectivity index (χ1v) is 14.1. The van der Waals surface area contributed by atoms with Gasteiger partial charge in [0.25, 0.3) is 11.8 Å². The van der Waals surface area contributed by atoms with E-state index in [1.165, 1.54) is 19.1 Å². The van der Waals surface area contributed by atoms with E-state index in [4.69, 9.17) is 14.3 Å². The molecule has 0 unspecified atom stereocenters. The molecule has 3 heterocycles. The van der Waals surface area contributed by atoms with Crippen molar-refractivity contribution in [2.24, 2.45) is 0 Å². The zero-order chi connectivity index (χ0) is 29.5. The van der Waals surface area contributed by atoms with Crippen molar-refractivity contribution < 1.29 is 18.7 Å². The number of para-hydroxylation sites is 1. The monoisotopic (exact) mass is 560 g/mol. The normalized spacial score (nSPS) is 14.5. The third-order valence-electron chi connectivity index (χ3n) is 7.18. The quantitative estimate of drug-likeness (QED) is 0.113. The van der Waals surface area contributed by atoms with Gasteiger partial charge in [0.1, 0.15) is 23.2 Å². The molecule has 0 spiro atoms. The fraction of sp³-hybridized carbons (Fsp3) is 0.235. The lowest BCUT2D eigenvalue weighted by atomic mass is 9.93. The van der Waals surface area contributed by atoms with Gasteiger partial charge in [-0.25, -0.2) is 4.68 Å². The molecule has 0 saturated carbocycles. The zero-order valence-electron chi connectivity index (χ0n) is 23.7. The van der Waals surface area contributed by atoms with Crippen LogP contribution in [-0.2, 0) is 16.1 Å². The highest BCUT2D eigenvalue weighted by Crippen LogP contribution is 2.32. The third-order valence-corrected chi connectivity index (χ3v) is 7.18. The maximum absolute atomic E-state index is 13.7. The predicted octanol–water partition coefficient (Wildman–Crippen LogP) is 6.88. The number of benzene rings is 2. The highest BCUT2D eigenvalue weighted by atomic mass is 16.5. The molecule has 2 aromatic heterocycles. The summed E-state index contributed by atoms with van der Waals surface area (Å²) in [6.07, 6.45) is 9.57. The molecule has 212 valence electrons. The highest BCUT2D eigenvalue weighted by molar-refractivity contribution is 6.19. The third kappa shape index (κ3) is 6.11. The lowest BCUT2D eigenvalue weighted by Crippen LogP contribution is -2.42. The number of furan rings is 1. The average Bonchev–Trinajstić information content (AvgIpc) is 3.69. The van der Waals surface area contributed by atoms with Gasteiger partial charge in [0.05, 0.1) is 30.8 Å². The van der Waals surface area contributed by atoms with Crippen LogP contribution in [0.15, 0.2) is 100 Å². The molecule has 5 rings (SSSR count). The predicted molar refractivity (Wildman–Crippen MR) is 159 cm³/mol. The van der Waals surface area contributed by atoms with Crippen LogP contribution in [0.1, 0.15) is 50.9 Å². The van der Waals surface area contributed by atoms with Crippen LogP contribution in [-0.4, -0.2) is 33.1 Å². The minimum Gasteiger partial charge on any atom is -0.494 e. The van der Waals surface area contributed by atoms with Crippen molar-refractivity contribution >= 4 is 17.9 Å². The molecule has 1 aliphatic heterocycles. The van der Waals surface area contributed by atoms with Crippen molar-refractivity contribution in [3.8, 4) is 28.8 Å². The van der Waals surface area contributed by atoms with Crippen molar-refractivity contribution in [2.75, 3.05) is 6.61 Å². The van der Waals surface area contributed by atoms with Crippen molar-refractivity contribution in [3.05, 3.63) is 107 Å². The maximum atomic E-state index is 13.7. The number of hydrogen-bond acceptors (Lipinski definition) is 6. The van der Waals surface area contributed by atoms with Crippen molar-refractivity contribution in [3.63, 3.8) is 0 Å². The Kier molecular flexibility index (Phi) is 8.78. The van der Waals surface area contributed by atoms with Gasteiger partial charge in [0.15, 0.2) is 0 Å². The molecular formula is C34H32N4O4. The van der Waals surface area contributed by atoms with Crippen LogP contribution in [0.4, 0.5) is 0 Å². The van der Waals surface area contributed by atoms with Gasteiger partial charge in [-0.05, 0) is 73.5 Å². The first-order valence-electron chi connectivity index (χ1n) is 14.1. The van der Waals surface area contributed by atoms with E-state index in [9.17, 15) is 14.9 Å². The van der Waals surface area contributed by atoms with Crippen LogP contribution >= 0.6 is 0 Å². The number of nitriles is 1. The van der Waals surface area contributed by atoms with Crippen molar-refractivity contribution in [2.45, 2.75) is 46.1 Å². The molecule has 42 heavy (non-hydrogen) atoms. The Hall–Kier alpha value is -5.16. The summed E-state index contributed by atoms with van der Waals surface area (Å²) in [5, 5.41) is 14.7. The van der Waals surface area contributed by atoms with Crippen LogP contribution in [0.25, 0.3) is 23.0 Å². The van der Waals surface area contributed by atoms with Gasteiger partial charge >= 0.3 is 0 Å². The fourth-order valence-electron chi connectivity index (χ4n) is 4.85. The van der Waals surface area contributed by atoms with Gasteiger partial charge < -0.3 is 9.15 Å². The van der Waals surface area contributed by atoms with Crippen LogP contribution in [0.3, 0.4) is 0 Å². The van der Waals surface area contributed by atoms with Gasteiger partial charge in [-0.15, -0.1) is 0 Å². The molecular weight excluding hydrogens is 528 g/mol. The SMILES string of the molecule is CCCCCCOc1ccc(-c2nn(-c3ccccc3)cc2/C=C2/C(=O)N(Cc3ccco3)C(=O)C(C#N)=C2C)cc1. The number of rotatable bonds is 11. The second kappa shape index (κ2) is 13.0. The number of carbonyl (C=O) groups is 2. The summed E-state index contributed by atoms with van der Waals surface area (Å²) in [5.74, 6) is 0.0833. The van der Waals surface area contributed by atoms with E-state index in [1.54, 1.807) is 29.8 Å². The highest BCUT2D eigenvalue weighted by Gasteiger charge is 2.36. The Morgan fingerprint density at radius 2 is 1.76 bits per heavy atom. The van der Waals surface area contributed by atoms with Crippen LogP contribution in [0.5, 0.6) is 5.75 Å². The molecule has 0 saturated heterocycles. The Labute approximate surface area is 245 Å². The molecule has 8 nitrogen and oxygen atoms in total. The number of aromatic nitrogens is 2. The Balaban J connectivity index is 1.53. The van der Waals surface area contributed by atoms with E-state index < -0.39 is 11.8 Å². The summed E-state index contributed by atoms with van der Waals surface area (Å²) in [6, 6.07) is 22.8. The summed E-state index contributed by atoms with van der Waals surface area (Å²) < 4.78 is 13.1. The minimum absolute atomic E-state index is 0.0729. The number of imide groups is 1. The fourth-order valence-corrected chi connectivity index (χ4v) is 4.85. The first kappa shape index (κ1) is 28.4. The molecule has 0 radical (unpaired) electrons. The molecule has 0 N–H and O–H groups in total. The molecule has 2 aromatic carbocycles. The Morgan fingerprint density at radius 1 is 0.976 bits per heavy atom. The van der Waals surface area contributed by atoms with E-state index in [2.05, 4.69) is 6.92 Å². The van der Waals surface area contributed by atoms with E-state index in [1.807, 2.05) is 66.9 Å². The summed E-state index contributed by atoms with van der Waals surface area (Å²) in [4.78, 5) is 27.8. The second-order valence-corrected chi connectivity index (χ2v) is 10.1. The van der Waals surface area contributed by atoms with E-state index in [-0.39, 0.29) is 17.7 Å². The smallest absolute Gasteiger partial charge is 0.272 e. The zero-order valence-corrected chi connectivity index (χ0v) is 23.7. The van der Waals surface area contributed by atoms with Crippen LogP contribution in [0.2, 0.25) is 0 Å². The molecule has 0 atom stereocenters. The van der Waals surface area contributed by atoms with E-state index in [0.29, 0.717) is 29.2 Å². The molecule has 0 bridgehead atoms. The number of ether oxygens (including phenoxy) is 1. The molecule has 0 fully saturated rings. The van der Waals surface area contributed by atoms with Gasteiger partial charge in [0, 0.05) is 22.9 Å². The summed E-state index contributed by atoms with van der Waals surface area (Å²) in [5.41, 5.74) is 3.50. The minimum atomic E-state index is -0.640. The standard InChI is InChI=1S/C34H32N4O4/c1-3-4-5-9-18-41-28-16-14-25(15-17-28)32-26(22-38(36-32)27-11-7-6-8-12-27)20-30-24(2)31(21-35)34(40)37(33(30)39)23-29-13-10-19-42-29/h6-8,10-17,19-20,22H,3-5,9,18,23H2,1-2H3/b30-20+. The van der Waals surface area contributed by atoms with Gasteiger partial charge in [0.2, 0.25) is 0 Å². The van der Waals surface area contributed by atoms with Crippen molar-refractivity contribution in [1.29, 1.82) is 5.26 Å². The molecule has 2 amide bonds. The number of amides is 2. The second-order valence-electron chi connectivity index (χ2n) is 10.1. The summed E-state index contributed by atoms with van der Waals surface area (Å²) >= 11 is 0. The van der Waals surface area contributed by atoms with E-state index >= 15 is 0 Å². The van der Waals surface area contributed by atoms with Gasteiger partial charge in [-0.1, -0.05) is 44.4 Å². The summed E-state index contributed by atoms with van der Waals surface area (Å²) in [6.45, 7) is 4.40. The summed E-state index contributed by atoms with van der Waals surface area (Å²) in [7, 11) is 0. The number of unbranched alkanes of at least 4 members (excludes halogenated alkanes) is 3. The largest absolute Gasteiger partial charge is 0.494 e. The lowest BCUT2D eigenvalue weighted by molar-refractivity contribution is -0.141. The van der Waals surface area contributed by atoms with E-state index in [0.717, 1.165) is 34.7 Å². The van der Waals surface area contributed by atoms with Gasteiger partial charge in [-0.3, -0.25) is 14.5 Å². The van der Waals surface area contributed by atoms with Crippen LogP contribution < -0.4 is 4.74 Å². The molecule has 4 aromatic rings. The molecule has 8 heteroatoms. The molecule has 0 aliphatic carbocycles. The van der Waals surface area contributed by atoms with Gasteiger partial charge in [-0.2, -0.15) is 10.4 Å². The first-order chi connectivity index (χ1) is 20.5. The topological polar surface area (TPSA) is 101 Å². The number of carbonyl (C=O) groups excluding carboxylic acids is 2. The maximum Gasteiger partial charge on any atom is 0.272 e. The molecule has 1 aliphatic rings. The van der Waals surface area contributed by atoms with Crippen LogP contribution in [0, 0.1) is 11.3 Å². The Bertz CT molecular complexity index is 1660. The lowest BCUT2D eigenvalue weighted by Gasteiger charge is -2.26. The Morgan fingerprint density at radius 3 is 2.45 bits per heavy atom. The van der Waals surface area contributed by atoms with Crippen molar-refractivity contribution in [1.82, 2.24) is 14.7 Å².